The molecule has 2 rings (SSSR count). The maximum absolute atomic E-state index is 14.3. The molecule has 0 aliphatic carbocycles. The Labute approximate surface area is 124 Å². The highest BCUT2D eigenvalue weighted by atomic mass is 35.5. The third-order valence-electron chi connectivity index (χ3n) is 3.61. The number of aryl methyl sites for hydroxylation is 3. The fraction of sp³-hybridized carbons (Fsp3) is 0.294. The van der Waals surface area contributed by atoms with Crippen LogP contribution in [0.4, 0.5) is 4.39 Å². The fourth-order valence-corrected chi connectivity index (χ4v) is 3.03. The van der Waals surface area contributed by atoms with Crippen LogP contribution in [0.15, 0.2) is 30.3 Å². The Bertz CT molecular complexity index is 614. The second-order valence-electron chi connectivity index (χ2n) is 5.18. The van der Waals surface area contributed by atoms with Gasteiger partial charge in [0.1, 0.15) is 5.82 Å². The molecular weight excluding hydrogens is 273 g/mol. The molecule has 0 heterocycles. The van der Waals surface area contributed by atoms with Crippen LogP contribution in [0.3, 0.4) is 0 Å². The van der Waals surface area contributed by atoms with E-state index in [1.54, 1.807) is 18.2 Å². The van der Waals surface area contributed by atoms with Gasteiger partial charge >= 0.3 is 0 Å². The van der Waals surface area contributed by atoms with Crippen molar-refractivity contribution in [3.63, 3.8) is 0 Å². The van der Waals surface area contributed by atoms with Crippen LogP contribution in [-0.4, -0.2) is 7.05 Å². The molecule has 0 radical (unpaired) electrons. The first-order valence-electron chi connectivity index (χ1n) is 6.64. The number of benzene rings is 2. The number of hydrogen-bond donors (Lipinski definition) is 1. The molecular formula is C17H19ClFN. The molecule has 0 bridgehead atoms. The molecule has 0 saturated carbocycles. The van der Waals surface area contributed by atoms with Gasteiger partial charge in [-0.3, -0.25) is 0 Å². The number of rotatable bonds is 3. The summed E-state index contributed by atoms with van der Waals surface area (Å²) in [7, 11) is 1.84. The Hall–Kier alpha value is -1.38. The van der Waals surface area contributed by atoms with Gasteiger partial charge in [0.2, 0.25) is 0 Å². The van der Waals surface area contributed by atoms with E-state index in [1.165, 1.54) is 5.56 Å². The Kier molecular flexibility index (Phi) is 4.46. The van der Waals surface area contributed by atoms with Crippen LogP contribution < -0.4 is 5.32 Å². The Morgan fingerprint density at radius 2 is 1.70 bits per heavy atom. The van der Waals surface area contributed by atoms with Crippen molar-refractivity contribution in [3.05, 3.63) is 69.0 Å². The first-order chi connectivity index (χ1) is 9.45. The second-order valence-corrected chi connectivity index (χ2v) is 5.58. The molecule has 20 heavy (non-hydrogen) atoms. The van der Waals surface area contributed by atoms with Crippen molar-refractivity contribution >= 4 is 11.6 Å². The zero-order valence-corrected chi connectivity index (χ0v) is 13.0. The molecule has 1 atom stereocenters. The molecule has 0 aliphatic heterocycles. The van der Waals surface area contributed by atoms with Gasteiger partial charge < -0.3 is 5.32 Å². The predicted molar refractivity (Wildman–Crippen MR) is 83.0 cm³/mol. The van der Waals surface area contributed by atoms with Crippen LogP contribution in [0.5, 0.6) is 0 Å². The van der Waals surface area contributed by atoms with Gasteiger partial charge in [-0.2, -0.15) is 0 Å². The second kappa shape index (κ2) is 5.94. The van der Waals surface area contributed by atoms with Gasteiger partial charge in [0.15, 0.2) is 0 Å². The minimum atomic E-state index is -0.354. The largest absolute Gasteiger partial charge is 0.309 e. The standard InChI is InChI=1S/C17H19ClFN/c1-10-8-11(2)15(12(3)9-10)17(20-4)13-6-5-7-14(18)16(13)19/h5-9,17,20H,1-4H3. The van der Waals surface area contributed by atoms with Gasteiger partial charge in [0, 0.05) is 5.56 Å². The van der Waals surface area contributed by atoms with Gasteiger partial charge in [-0.25, -0.2) is 4.39 Å². The van der Waals surface area contributed by atoms with Crippen molar-refractivity contribution in [2.45, 2.75) is 26.8 Å². The van der Waals surface area contributed by atoms with Crippen molar-refractivity contribution in [2.75, 3.05) is 7.05 Å². The zero-order chi connectivity index (χ0) is 14.9. The van der Waals surface area contributed by atoms with Crippen LogP contribution in [0, 0.1) is 26.6 Å². The van der Waals surface area contributed by atoms with Crippen LogP contribution in [0.2, 0.25) is 5.02 Å². The monoisotopic (exact) mass is 291 g/mol. The molecule has 3 heteroatoms. The van der Waals surface area contributed by atoms with Gasteiger partial charge in [-0.15, -0.1) is 0 Å². The normalized spacial score (nSPS) is 12.5. The maximum Gasteiger partial charge on any atom is 0.146 e. The van der Waals surface area contributed by atoms with Crippen molar-refractivity contribution in [1.29, 1.82) is 0 Å². The SMILES string of the molecule is CNC(c1cccc(Cl)c1F)c1c(C)cc(C)cc1C. The van der Waals surface area contributed by atoms with E-state index in [-0.39, 0.29) is 16.9 Å². The van der Waals surface area contributed by atoms with Crippen molar-refractivity contribution in [1.82, 2.24) is 5.32 Å². The minimum absolute atomic E-state index is 0.158. The number of halogens is 2. The molecule has 1 N–H and O–H groups in total. The van der Waals surface area contributed by atoms with E-state index in [4.69, 9.17) is 11.6 Å². The minimum Gasteiger partial charge on any atom is -0.309 e. The van der Waals surface area contributed by atoms with Crippen LogP contribution in [0.1, 0.15) is 33.9 Å². The lowest BCUT2D eigenvalue weighted by Gasteiger charge is -2.23. The summed E-state index contributed by atoms with van der Waals surface area (Å²) in [6, 6.07) is 9.17. The lowest BCUT2D eigenvalue weighted by Crippen LogP contribution is -2.21. The summed E-state index contributed by atoms with van der Waals surface area (Å²) in [5.41, 5.74) is 5.21. The third kappa shape index (κ3) is 2.72. The quantitative estimate of drug-likeness (QED) is 0.863. The first kappa shape index (κ1) is 15.0. The van der Waals surface area contributed by atoms with E-state index >= 15 is 0 Å². The summed E-state index contributed by atoms with van der Waals surface area (Å²) in [4.78, 5) is 0. The van der Waals surface area contributed by atoms with E-state index in [0.717, 1.165) is 16.7 Å². The summed E-state index contributed by atoms with van der Waals surface area (Å²) in [5.74, 6) is -0.354. The molecule has 2 aromatic carbocycles. The van der Waals surface area contributed by atoms with Crippen molar-refractivity contribution in [3.8, 4) is 0 Å². The Balaban J connectivity index is 2.62. The fourth-order valence-electron chi connectivity index (χ4n) is 2.85. The van der Waals surface area contributed by atoms with Gasteiger partial charge in [-0.05, 0) is 50.6 Å². The number of hydrogen-bond acceptors (Lipinski definition) is 1. The zero-order valence-electron chi connectivity index (χ0n) is 12.2. The third-order valence-corrected chi connectivity index (χ3v) is 3.90. The van der Waals surface area contributed by atoms with E-state index < -0.39 is 0 Å². The molecule has 0 fully saturated rings. The molecule has 0 amide bonds. The maximum atomic E-state index is 14.3. The van der Waals surface area contributed by atoms with Gasteiger partial charge in [0.05, 0.1) is 11.1 Å². The van der Waals surface area contributed by atoms with E-state index in [1.807, 2.05) is 7.05 Å². The van der Waals surface area contributed by atoms with Gasteiger partial charge in [-0.1, -0.05) is 41.4 Å². The molecule has 1 unspecified atom stereocenters. The van der Waals surface area contributed by atoms with Crippen LogP contribution >= 0.6 is 11.6 Å². The van der Waals surface area contributed by atoms with E-state index in [9.17, 15) is 4.39 Å². The molecule has 0 saturated heterocycles. The summed E-state index contributed by atoms with van der Waals surface area (Å²) in [5, 5.41) is 3.36. The Morgan fingerprint density at radius 1 is 1.10 bits per heavy atom. The average Bonchev–Trinajstić information content (AvgIpc) is 2.37. The smallest absolute Gasteiger partial charge is 0.146 e. The van der Waals surface area contributed by atoms with Crippen molar-refractivity contribution in [2.24, 2.45) is 0 Å². The molecule has 1 nitrogen and oxygen atoms in total. The molecule has 106 valence electrons. The molecule has 0 aromatic heterocycles. The molecule has 0 aliphatic rings. The topological polar surface area (TPSA) is 12.0 Å². The average molecular weight is 292 g/mol. The lowest BCUT2D eigenvalue weighted by molar-refractivity contribution is 0.574. The summed E-state index contributed by atoms with van der Waals surface area (Å²) >= 11 is 5.90. The van der Waals surface area contributed by atoms with E-state index in [2.05, 4.69) is 38.2 Å². The predicted octanol–water partition coefficient (Wildman–Crippen LogP) is 4.71. The highest BCUT2D eigenvalue weighted by Gasteiger charge is 2.21. The molecule has 2 aromatic rings. The number of nitrogens with one attached hydrogen (secondary N) is 1. The van der Waals surface area contributed by atoms with Crippen LogP contribution in [-0.2, 0) is 0 Å². The summed E-state index contributed by atoms with van der Waals surface area (Å²) < 4.78 is 14.3. The Morgan fingerprint density at radius 3 is 2.25 bits per heavy atom. The molecule has 0 spiro atoms. The highest BCUT2D eigenvalue weighted by Crippen LogP contribution is 2.32. The van der Waals surface area contributed by atoms with Gasteiger partial charge in [0.25, 0.3) is 0 Å². The highest BCUT2D eigenvalue weighted by molar-refractivity contribution is 6.30. The first-order valence-corrected chi connectivity index (χ1v) is 7.02. The van der Waals surface area contributed by atoms with E-state index in [0.29, 0.717) is 5.56 Å². The van der Waals surface area contributed by atoms with Crippen molar-refractivity contribution < 1.29 is 4.39 Å². The summed E-state index contributed by atoms with van der Waals surface area (Å²) in [6.45, 7) is 6.18. The van der Waals surface area contributed by atoms with Crippen LogP contribution in [0.25, 0.3) is 0 Å². The lowest BCUT2D eigenvalue weighted by atomic mass is 9.90. The summed E-state index contributed by atoms with van der Waals surface area (Å²) in [6.07, 6.45) is 0.